The predicted octanol–water partition coefficient (Wildman–Crippen LogP) is 3.46. The number of hydrogen-bond acceptors (Lipinski definition) is 2. The van der Waals surface area contributed by atoms with E-state index in [1.807, 2.05) is 7.05 Å². The summed E-state index contributed by atoms with van der Waals surface area (Å²) in [5.41, 5.74) is 2.75. The van der Waals surface area contributed by atoms with Crippen LogP contribution in [0.5, 0.6) is 5.75 Å². The van der Waals surface area contributed by atoms with Gasteiger partial charge in [0.15, 0.2) is 0 Å². The summed E-state index contributed by atoms with van der Waals surface area (Å²) in [6.07, 6.45) is 2.59. The van der Waals surface area contributed by atoms with Gasteiger partial charge >= 0.3 is 0 Å². The molecule has 0 spiro atoms. The fourth-order valence-electron chi connectivity index (χ4n) is 2.91. The SMILES string of the molecule is CCC1(C)C(NC)CC1Oc1cc(C)ccc1C. The number of ether oxygens (including phenoxy) is 1. The summed E-state index contributed by atoms with van der Waals surface area (Å²) in [5.74, 6) is 1.05. The minimum atomic E-state index is 0.255. The first-order valence-corrected chi connectivity index (χ1v) is 6.92. The van der Waals surface area contributed by atoms with Crippen LogP contribution in [0.4, 0.5) is 0 Å². The maximum Gasteiger partial charge on any atom is 0.122 e. The molecule has 0 aliphatic heterocycles. The molecule has 0 amide bonds. The molecule has 1 aliphatic rings. The summed E-state index contributed by atoms with van der Waals surface area (Å²) in [4.78, 5) is 0. The van der Waals surface area contributed by atoms with Crippen molar-refractivity contribution in [3.8, 4) is 5.75 Å². The van der Waals surface area contributed by atoms with Crippen molar-refractivity contribution in [2.75, 3.05) is 7.05 Å². The van der Waals surface area contributed by atoms with Gasteiger partial charge in [-0.15, -0.1) is 0 Å². The van der Waals surface area contributed by atoms with E-state index in [2.05, 4.69) is 51.2 Å². The van der Waals surface area contributed by atoms with Crippen molar-refractivity contribution in [2.24, 2.45) is 5.41 Å². The summed E-state index contributed by atoms with van der Waals surface area (Å²) in [5, 5.41) is 3.40. The standard InChI is InChI=1S/C16H25NO/c1-6-16(4)14(17-5)10-15(16)18-13-9-11(2)7-8-12(13)3/h7-9,14-15,17H,6,10H2,1-5H3. The lowest BCUT2D eigenvalue weighted by Crippen LogP contribution is -2.62. The van der Waals surface area contributed by atoms with E-state index in [1.54, 1.807) is 0 Å². The highest BCUT2D eigenvalue weighted by Gasteiger charge is 2.51. The van der Waals surface area contributed by atoms with Gasteiger partial charge in [0.1, 0.15) is 11.9 Å². The Morgan fingerprint density at radius 1 is 1.39 bits per heavy atom. The Labute approximate surface area is 111 Å². The van der Waals surface area contributed by atoms with Gasteiger partial charge in [-0.25, -0.2) is 0 Å². The van der Waals surface area contributed by atoms with Crippen LogP contribution in [-0.2, 0) is 0 Å². The summed E-state index contributed by atoms with van der Waals surface area (Å²) >= 11 is 0. The second-order valence-corrected chi connectivity index (χ2v) is 5.81. The van der Waals surface area contributed by atoms with Crippen LogP contribution < -0.4 is 10.1 Å². The maximum atomic E-state index is 6.26. The van der Waals surface area contributed by atoms with Gasteiger partial charge < -0.3 is 10.1 Å². The number of aryl methyl sites for hydroxylation is 2. The van der Waals surface area contributed by atoms with E-state index in [4.69, 9.17) is 4.74 Å². The van der Waals surface area contributed by atoms with E-state index >= 15 is 0 Å². The fraction of sp³-hybridized carbons (Fsp3) is 0.625. The minimum absolute atomic E-state index is 0.255. The van der Waals surface area contributed by atoms with Crippen molar-refractivity contribution >= 4 is 0 Å². The zero-order valence-corrected chi connectivity index (χ0v) is 12.2. The summed E-state index contributed by atoms with van der Waals surface area (Å²) < 4.78 is 6.26. The molecule has 0 saturated heterocycles. The Morgan fingerprint density at radius 3 is 2.72 bits per heavy atom. The van der Waals surface area contributed by atoms with Crippen molar-refractivity contribution in [1.29, 1.82) is 0 Å². The van der Waals surface area contributed by atoms with Crippen molar-refractivity contribution < 1.29 is 4.74 Å². The molecular weight excluding hydrogens is 222 g/mol. The minimum Gasteiger partial charge on any atom is -0.489 e. The molecule has 1 fully saturated rings. The molecule has 2 heteroatoms. The first kappa shape index (κ1) is 13.4. The highest BCUT2D eigenvalue weighted by atomic mass is 16.5. The van der Waals surface area contributed by atoms with Crippen LogP contribution in [0.25, 0.3) is 0 Å². The molecular formula is C16H25NO. The fourth-order valence-corrected chi connectivity index (χ4v) is 2.91. The van der Waals surface area contributed by atoms with Gasteiger partial charge in [-0.1, -0.05) is 26.0 Å². The third-order valence-corrected chi connectivity index (χ3v) is 4.70. The number of hydrogen-bond donors (Lipinski definition) is 1. The Balaban J connectivity index is 2.13. The topological polar surface area (TPSA) is 21.3 Å². The highest BCUT2D eigenvalue weighted by Crippen LogP contribution is 2.46. The summed E-state index contributed by atoms with van der Waals surface area (Å²) in [6, 6.07) is 7.01. The predicted molar refractivity (Wildman–Crippen MR) is 76.2 cm³/mol. The lowest BCUT2D eigenvalue weighted by molar-refractivity contribution is -0.0680. The van der Waals surface area contributed by atoms with Gasteiger partial charge in [0.2, 0.25) is 0 Å². The number of rotatable bonds is 4. The van der Waals surface area contributed by atoms with Crippen LogP contribution in [0.1, 0.15) is 37.8 Å². The van der Waals surface area contributed by atoms with Gasteiger partial charge in [-0.2, -0.15) is 0 Å². The van der Waals surface area contributed by atoms with Crippen LogP contribution >= 0.6 is 0 Å². The lowest BCUT2D eigenvalue weighted by atomic mass is 9.61. The molecule has 18 heavy (non-hydrogen) atoms. The maximum absolute atomic E-state index is 6.26. The average molecular weight is 247 g/mol. The summed E-state index contributed by atoms with van der Waals surface area (Å²) in [7, 11) is 2.05. The van der Waals surface area contributed by atoms with Crippen LogP contribution in [0, 0.1) is 19.3 Å². The van der Waals surface area contributed by atoms with Gasteiger partial charge in [-0.3, -0.25) is 0 Å². The Bertz CT molecular complexity index is 429. The van der Waals surface area contributed by atoms with Crippen molar-refractivity contribution in [2.45, 2.75) is 52.7 Å². The van der Waals surface area contributed by atoms with E-state index < -0.39 is 0 Å². The van der Waals surface area contributed by atoms with E-state index in [1.165, 1.54) is 11.1 Å². The number of nitrogens with one attached hydrogen (secondary N) is 1. The molecule has 100 valence electrons. The van der Waals surface area contributed by atoms with Gasteiger partial charge in [-0.05, 0) is 44.5 Å². The zero-order chi connectivity index (χ0) is 13.3. The Morgan fingerprint density at radius 2 is 2.11 bits per heavy atom. The molecule has 0 radical (unpaired) electrons. The molecule has 3 atom stereocenters. The van der Waals surface area contributed by atoms with Crippen LogP contribution in [0.15, 0.2) is 18.2 Å². The molecule has 1 aliphatic carbocycles. The van der Waals surface area contributed by atoms with Crippen LogP contribution in [0.3, 0.4) is 0 Å². The van der Waals surface area contributed by atoms with Crippen molar-refractivity contribution in [3.63, 3.8) is 0 Å². The van der Waals surface area contributed by atoms with E-state index in [-0.39, 0.29) is 5.41 Å². The molecule has 2 nitrogen and oxygen atoms in total. The third-order valence-electron chi connectivity index (χ3n) is 4.70. The van der Waals surface area contributed by atoms with E-state index in [9.17, 15) is 0 Å². The number of benzene rings is 1. The first-order valence-electron chi connectivity index (χ1n) is 6.92. The molecule has 1 saturated carbocycles. The monoisotopic (exact) mass is 247 g/mol. The first-order chi connectivity index (χ1) is 8.51. The van der Waals surface area contributed by atoms with E-state index in [0.717, 1.165) is 18.6 Å². The molecule has 3 unspecified atom stereocenters. The van der Waals surface area contributed by atoms with Gasteiger partial charge in [0.05, 0.1) is 0 Å². The molecule has 0 bridgehead atoms. The molecule has 1 aromatic rings. The summed E-state index contributed by atoms with van der Waals surface area (Å²) in [6.45, 7) is 8.81. The molecule has 2 rings (SSSR count). The third kappa shape index (κ3) is 2.14. The highest BCUT2D eigenvalue weighted by molar-refractivity contribution is 5.36. The van der Waals surface area contributed by atoms with Crippen molar-refractivity contribution in [3.05, 3.63) is 29.3 Å². The molecule has 0 heterocycles. The zero-order valence-electron chi connectivity index (χ0n) is 12.2. The van der Waals surface area contributed by atoms with Crippen LogP contribution in [0.2, 0.25) is 0 Å². The molecule has 1 N–H and O–H groups in total. The normalized spacial score (nSPS) is 30.9. The Kier molecular flexibility index (Phi) is 3.67. The smallest absolute Gasteiger partial charge is 0.122 e. The van der Waals surface area contributed by atoms with Crippen LogP contribution in [-0.4, -0.2) is 19.2 Å². The van der Waals surface area contributed by atoms with Gasteiger partial charge in [0.25, 0.3) is 0 Å². The average Bonchev–Trinajstić information content (AvgIpc) is 2.36. The largest absolute Gasteiger partial charge is 0.489 e. The Hall–Kier alpha value is -1.02. The second kappa shape index (κ2) is 4.93. The lowest BCUT2D eigenvalue weighted by Gasteiger charge is -2.53. The van der Waals surface area contributed by atoms with E-state index in [0.29, 0.717) is 12.1 Å². The van der Waals surface area contributed by atoms with Gasteiger partial charge in [0, 0.05) is 17.9 Å². The van der Waals surface area contributed by atoms with Crippen molar-refractivity contribution in [1.82, 2.24) is 5.32 Å². The quantitative estimate of drug-likeness (QED) is 0.879. The molecule has 0 aromatic heterocycles. The second-order valence-electron chi connectivity index (χ2n) is 5.81. The molecule has 1 aromatic carbocycles.